The molecule has 36 heavy (non-hydrogen) atoms. The lowest BCUT2D eigenvalue weighted by Crippen LogP contribution is -2.49. The number of aliphatic hydroxyl groups excluding tert-OH is 1. The average Bonchev–Trinajstić information content (AvgIpc) is 3.23. The minimum atomic E-state index is -1.13. The Hall–Kier alpha value is -3.59. The molecule has 1 unspecified atom stereocenters. The number of hydrogen-bond acceptors (Lipinski definition) is 6. The highest BCUT2D eigenvalue weighted by Crippen LogP contribution is 2.27. The van der Waals surface area contributed by atoms with Crippen LogP contribution in [0.1, 0.15) is 59.5 Å². The summed E-state index contributed by atoms with van der Waals surface area (Å²) in [6, 6.07) is 11.8. The van der Waals surface area contributed by atoms with E-state index in [1.807, 2.05) is 24.3 Å². The van der Waals surface area contributed by atoms with E-state index < -0.39 is 29.7 Å². The molecule has 1 aliphatic carbocycles. The molecule has 0 bridgehead atoms. The van der Waals surface area contributed by atoms with Crippen molar-refractivity contribution >= 4 is 18.0 Å². The highest BCUT2D eigenvalue weighted by molar-refractivity contribution is 5.98. The number of carbonyl (C=O) groups excluding carboxylic acids is 2. The second-order valence-electron chi connectivity index (χ2n) is 9.78. The van der Waals surface area contributed by atoms with E-state index >= 15 is 0 Å². The molecule has 0 saturated heterocycles. The van der Waals surface area contributed by atoms with Gasteiger partial charge in [0.2, 0.25) is 0 Å². The van der Waals surface area contributed by atoms with Crippen molar-refractivity contribution in [2.45, 2.75) is 58.3 Å². The van der Waals surface area contributed by atoms with Crippen LogP contribution in [-0.2, 0) is 17.6 Å². The molecule has 3 N–H and O–H groups in total. The molecule has 2 aromatic rings. The quantitative estimate of drug-likeness (QED) is 0.484. The van der Waals surface area contributed by atoms with Gasteiger partial charge in [-0.2, -0.15) is 0 Å². The fourth-order valence-electron chi connectivity index (χ4n) is 4.16. The zero-order chi connectivity index (χ0) is 26.5. The molecule has 9 nitrogen and oxygen atoms in total. The first-order chi connectivity index (χ1) is 17.0. The molecule has 3 rings (SSSR count). The molecule has 9 heteroatoms. The van der Waals surface area contributed by atoms with Gasteiger partial charge < -0.3 is 29.9 Å². The number of hydrogen-bond donors (Lipinski definition) is 3. The number of carboxylic acids is 1. The fourth-order valence-corrected chi connectivity index (χ4v) is 4.16. The number of carbonyl (C=O) groups is 3. The van der Waals surface area contributed by atoms with E-state index in [0.717, 1.165) is 11.1 Å². The van der Waals surface area contributed by atoms with Crippen molar-refractivity contribution in [3.05, 3.63) is 64.7 Å². The summed E-state index contributed by atoms with van der Waals surface area (Å²) in [7, 11) is 0. The van der Waals surface area contributed by atoms with Crippen LogP contribution in [0.5, 0.6) is 5.75 Å². The maximum Gasteiger partial charge on any atom is 0.410 e. The smallest absolute Gasteiger partial charge is 0.410 e. The van der Waals surface area contributed by atoms with Crippen LogP contribution in [0.15, 0.2) is 42.5 Å². The van der Waals surface area contributed by atoms with Gasteiger partial charge in [0.05, 0.1) is 30.4 Å². The lowest BCUT2D eigenvalue weighted by Gasteiger charge is -2.33. The Balaban J connectivity index is 1.68. The Morgan fingerprint density at radius 3 is 2.31 bits per heavy atom. The second-order valence-corrected chi connectivity index (χ2v) is 9.78. The van der Waals surface area contributed by atoms with E-state index in [1.165, 1.54) is 23.1 Å². The summed E-state index contributed by atoms with van der Waals surface area (Å²) >= 11 is 0. The van der Waals surface area contributed by atoms with Crippen molar-refractivity contribution in [2.24, 2.45) is 0 Å². The SMILES string of the molecule is CCOc1cc(C(=O)O)ccc1C(=O)NCC(O)CN(C(=O)OC(C)(C)C)C1Cc2ccccc2C1. The van der Waals surface area contributed by atoms with E-state index in [2.05, 4.69) is 5.32 Å². The van der Waals surface area contributed by atoms with Crippen LogP contribution in [0.4, 0.5) is 4.79 Å². The number of carboxylic acid groups (broad SMARTS) is 1. The summed E-state index contributed by atoms with van der Waals surface area (Å²) in [5, 5.41) is 22.6. The second kappa shape index (κ2) is 11.4. The third kappa shape index (κ3) is 6.97. The van der Waals surface area contributed by atoms with E-state index in [4.69, 9.17) is 9.47 Å². The Morgan fingerprint density at radius 1 is 1.11 bits per heavy atom. The molecule has 2 amide bonds. The number of aromatic carboxylic acids is 1. The molecule has 0 heterocycles. The van der Waals surface area contributed by atoms with Crippen molar-refractivity contribution in [1.82, 2.24) is 10.2 Å². The predicted octanol–water partition coefficient (Wildman–Crippen LogP) is 3.28. The standard InChI is InChI=1S/C27H34N2O7/c1-5-35-23-14-19(25(32)33)10-11-22(23)24(31)28-15-21(30)16-29(26(34)36-27(2,3)4)20-12-17-8-6-7-9-18(17)13-20/h6-11,14,20-21,30H,5,12-13,15-16H2,1-4H3,(H,28,31)(H,32,33). The number of rotatable bonds is 9. The van der Waals surface area contributed by atoms with Crippen molar-refractivity contribution in [3.63, 3.8) is 0 Å². The minimum absolute atomic E-state index is 0.000553. The first kappa shape index (κ1) is 27.0. The van der Waals surface area contributed by atoms with Crippen LogP contribution in [-0.4, -0.2) is 70.5 Å². The zero-order valence-electron chi connectivity index (χ0n) is 21.1. The maximum atomic E-state index is 13.0. The molecule has 0 radical (unpaired) electrons. The Bertz CT molecular complexity index is 1080. The van der Waals surface area contributed by atoms with Crippen LogP contribution in [0, 0.1) is 0 Å². The summed E-state index contributed by atoms with van der Waals surface area (Å²) in [6.45, 7) is 7.19. The molecule has 1 atom stereocenters. The van der Waals surface area contributed by atoms with Gasteiger partial charge >= 0.3 is 12.1 Å². The third-order valence-electron chi connectivity index (χ3n) is 5.78. The number of fused-ring (bicyclic) bond motifs is 1. The normalized spacial score (nSPS) is 14.0. The van der Waals surface area contributed by atoms with Crippen LogP contribution in [0.25, 0.3) is 0 Å². The van der Waals surface area contributed by atoms with Gasteiger partial charge in [-0.15, -0.1) is 0 Å². The third-order valence-corrected chi connectivity index (χ3v) is 5.78. The highest BCUT2D eigenvalue weighted by atomic mass is 16.6. The van der Waals surface area contributed by atoms with E-state index in [1.54, 1.807) is 27.7 Å². The topological polar surface area (TPSA) is 125 Å². The van der Waals surface area contributed by atoms with Crippen molar-refractivity contribution in [3.8, 4) is 5.75 Å². The zero-order valence-corrected chi connectivity index (χ0v) is 21.1. The van der Waals surface area contributed by atoms with Gasteiger partial charge in [0.25, 0.3) is 5.91 Å². The minimum Gasteiger partial charge on any atom is -0.493 e. The van der Waals surface area contributed by atoms with Crippen LogP contribution < -0.4 is 10.1 Å². The van der Waals surface area contributed by atoms with Gasteiger partial charge in [-0.25, -0.2) is 9.59 Å². The predicted molar refractivity (Wildman–Crippen MR) is 133 cm³/mol. The van der Waals surface area contributed by atoms with E-state index in [0.29, 0.717) is 12.8 Å². The summed E-state index contributed by atoms with van der Waals surface area (Å²) in [6.07, 6.45) is -0.267. The Labute approximate surface area is 211 Å². The molecule has 0 aromatic heterocycles. The molecular weight excluding hydrogens is 464 g/mol. The fraction of sp³-hybridized carbons (Fsp3) is 0.444. The van der Waals surface area contributed by atoms with Crippen LogP contribution in [0.3, 0.4) is 0 Å². The van der Waals surface area contributed by atoms with Gasteiger partial charge in [-0.05, 0) is 69.9 Å². The first-order valence-electron chi connectivity index (χ1n) is 12.0. The lowest BCUT2D eigenvalue weighted by atomic mass is 10.1. The molecule has 1 aliphatic rings. The van der Waals surface area contributed by atoms with E-state index in [-0.39, 0.29) is 42.6 Å². The van der Waals surface area contributed by atoms with Gasteiger partial charge in [0.15, 0.2) is 0 Å². The lowest BCUT2D eigenvalue weighted by molar-refractivity contribution is 0.00507. The number of nitrogens with one attached hydrogen (secondary N) is 1. The van der Waals surface area contributed by atoms with Gasteiger partial charge in [-0.3, -0.25) is 4.79 Å². The van der Waals surface area contributed by atoms with Gasteiger partial charge in [-0.1, -0.05) is 24.3 Å². The Morgan fingerprint density at radius 2 is 1.75 bits per heavy atom. The number of benzene rings is 2. The van der Waals surface area contributed by atoms with Crippen LogP contribution >= 0.6 is 0 Å². The molecule has 2 aromatic carbocycles. The summed E-state index contributed by atoms with van der Waals surface area (Å²) in [5.74, 6) is -1.51. The summed E-state index contributed by atoms with van der Waals surface area (Å²) < 4.78 is 11.0. The van der Waals surface area contributed by atoms with Crippen molar-refractivity contribution < 1.29 is 34.1 Å². The number of ether oxygens (including phenoxy) is 2. The molecular formula is C27H34N2O7. The number of aliphatic hydroxyl groups is 1. The number of nitrogens with zero attached hydrogens (tertiary/aromatic N) is 1. The van der Waals surface area contributed by atoms with Crippen LogP contribution in [0.2, 0.25) is 0 Å². The van der Waals surface area contributed by atoms with Gasteiger partial charge in [0, 0.05) is 12.6 Å². The average molecular weight is 499 g/mol. The highest BCUT2D eigenvalue weighted by Gasteiger charge is 2.34. The largest absolute Gasteiger partial charge is 0.493 e. The molecule has 0 aliphatic heterocycles. The first-order valence-corrected chi connectivity index (χ1v) is 12.0. The molecule has 0 fully saturated rings. The Kier molecular flexibility index (Phi) is 8.57. The molecule has 0 saturated carbocycles. The molecule has 194 valence electrons. The summed E-state index contributed by atoms with van der Waals surface area (Å²) in [4.78, 5) is 38.6. The van der Waals surface area contributed by atoms with Crippen molar-refractivity contribution in [2.75, 3.05) is 19.7 Å². The molecule has 0 spiro atoms. The van der Waals surface area contributed by atoms with Gasteiger partial charge in [0.1, 0.15) is 11.4 Å². The monoisotopic (exact) mass is 498 g/mol. The maximum absolute atomic E-state index is 13.0. The number of amides is 2. The summed E-state index contributed by atoms with van der Waals surface area (Å²) in [5.41, 5.74) is 1.78. The van der Waals surface area contributed by atoms with Crippen molar-refractivity contribution in [1.29, 1.82) is 0 Å². The van der Waals surface area contributed by atoms with E-state index in [9.17, 15) is 24.6 Å².